The van der Waals surface area contributed by atoms with Crippen LogP contribution >= 0.6 is 0 Å². The Kier molecular flexibility index (Phi) is 7.05. The number of nitriles is 1. The van der Waals surface area contributed by atoms with E-state index >= 15 is 0 Å². The van der Waals surface area contributed by atoms with Gasteiger partial charge in [0.2, 0.25) is 0 Å². The maximum atomic E-state index is 10.5. The van der Waals surface area contributed by atoms with Gasteiger partial charge in [0.25, 0.3) is 0 Å². The third kappa shape index (κ3) is 6.87. The van der Waals surface area contributed by atoms with Gasteiger partial charge < -0.3 is 4.74 Å². The highest BCUT2D eigenvalue weighted by Crippen LogP contribution is 1.98. The van der Waals surface area contributed by atoms with Crippen molar-refractivity contribution in [3.63, 3.8) is 0 Å². The molecule has 0 aliphatic carbocycles. The highest BCUT2D eigenvalue weighted by Gasteiger charge is 1.97. The minimum Gasteiger partial charge on any atom is -0.449 e. The Morgan fingerprint density at radius 1 is 1.50 bits per heavy atom. The number of carbonyl (C=O) groups excluding carboxylic acids is 1. The lowest BCUT2D eigenvalue weighted by molar-refractivity contribution is 0.148. The third-order valence-corrected chi connectivity index (χ3v) is 1.39. The number of amides is 1. The fourth-order valence-electron chi connectivity index (χ4n) is 0.775. The zero-order valence-electron chi connectivity index (χ0n) is 7.30. The average molecular weight is 170 g/mol. The molecule has 0 aliphatic heterocycles. The summed E-state index contributed by atoms with van der Waals surface area (Å²) in [6.07, 6.45) is 5.08. The molecule has 0 atom stereocenters. The van der Waals surface area contributed by atoms with Crippen molar-refractivity contribution in [1.82, 2.24) is 5.32 Å². The second kappa shape index (κ2) is 7.86. The van der Waals surface area contributed by atoms with Gasteiger partial charge in [-0.1, -0.05) is 26.2 Å². The van der Waals surface area contributed by atoms with Gasteiger partial charge in [0.1, 0.15) is 0 Å². The van der Waals surface area contributed by atoms with Gasteiger partial charge in [-0.25, -0.2) is 10.1 Å². The molecule has 0 bridgehead atoms. The first kappa shape index (κ1) is 10.8. The summed E-state index contributed by atoms with van der Waals surface area (Å²) in [5, 5.41) is 9.90. The molecule has 0 saturated carbocycles. The zero-order chi connectivity index (χ0) is 9.23. The zero-order valence-corrected chi connectivity index (χ0v) is 7.30. The summed E-state index contributed by atoms with van der Waals surface area (Å²) in [6, 6.07) is 0. The van der Waals surface area contributed by atoms with Crippen LogP contribution in [-0.2, 0) is 4.74 Å². The first-order valence-corrected chi connectivity index (χ1v) is 4.13. The number of unbranched alkanes of at least 4 members (excludes halogenated alkanes) is 3. The molecule has 0 aliphatic rings. The van der Waals surface area contributed by atoms with E-state index in [1.807, 2.05) is 5.32 Å². The van der Waals surface area contributed by atoms with Crippen molar-refractivity contribution in [2.45, 2.75) is 32.6 Å². The monoisotopic (exact) mass is 170 g/mol. The summed E-state index contributed by atoms with van der Waals surface area (Å²) < 4.78 is 4.66. The molecular formula is C8H14N2O2. The van der Waals surface area contributed by atoms with Crippen molar-refractivity contribution in [3.05, 3.63) is 0 Å². The van der Waals surface area contributed by atoms with E-state index in [0.717, 1.165) is 25.7 Å². The lowest BCUT2D eigenvalue weighted by Crippen LogP contribution is -2.19. The number of ether oxygens (including phenoxy) is 1. The van der Waals surface area contributed by atoms with Crippen molar-refractivity contribution in [1.29, 1.82) is 5.26 Å². The SMILES string of the molecule is CCCCCCOC(=O)NC#N. The minimum absolute atomic E-state index is 0.396. The quantitative estimate of drug-likeness (QED) is 0.388. The van der Waals surface area contributed by atoms with Crippen LogP contribution in [0.25, 0.3) is 0 Å². The molecule has 0 fully saturated rings. The first-order valence-electron chi connectivity index (χ1n) is 4.13. The Balaban J connectivity index is 3.10. The predicted octanol–water partition coefficient (Wildman–Crippen LogP) is 1.77. The van der Waals surface area contributed by atoms with Crippen LogP contribution in [-0.4, -0.2) is 12.7 Å². The fraction of sp³-hybridized carbons (Fsp3) is 0.750. The first-order chi connectivity index (χ1) is 5.81. The van der Waals surface area contributed by atoms with E-state index in [1.165, 1.54) is 6.19 Å². The summed E-state index contributed by atoms with van der Waals surface area (Å²) in [7, 11) is 0. The van der Waals surface area contributed by atoms with Crippen LogP contribution in [0.5, 0.6) is 0 Å². The number of hydrogen-bond donors (Lipinski definition) is 1. The van der Waals surface area contributed by atoms with E-state index in [-0.39, 0.29) is 0 Å². The Bertz CT molecular complexity index is 163. The van der Waals surface area contributed by atoms with Gasteiger partial charge in [-0.3, -0.25) is 0 Å². The van der Waals surface area contributed by atoms with Gasteiger partial charge in [0.05, 0.1) is 6.61 Å². The molecule has 0 aromatic rings. The van der Waals surface area contributed by atoms with Crippen molar-refractivity contribution >= 4 is 6.09 Å². The highest BCUT2D eigenvalue weighted by molar-refractivity contribution is 5.68. The second-order valence-corrected chi connectivity index (χ2v) is 2.43. The molecule has 68 valence electrons. The third-order valence-electron chi connectivity index (χ3n) is 1.39. The van der Waals surface area contributed by atoms with Gasteiger partial charge in [-0.15, -0.1) is 0 Å². The molecule has 4 nitrogen and oxygen atoms in total. The largest absolute Gasteiger partial charge is 0.449 e. The number of nitrogens with zero attached hydrogens (tertiary/aromatic N) is 1. The van der Waals surface area contributed by atoms with Crippen LogP contribution in [0.1, 0.15) is 32.6 Å². The topological polar surface area (TPSA) is 62.1 Å². The van der Waals surface area contributed by atoms with Crippen molar-refractivity contribution in [2.24, 2.45) is 0 Å². The van der Waals surface area contributed by atoms with Crippen molar-refractivity contribution in [3.8, 4) is 6.19 Å². The molecule has 0 aromatic carbocycles. The molecule has 0 aromatic heterocycles. The van der Waals surface area contributed by atoms with Crippen LogP contribution in [0.15, 0.2) is 0 Å². The van der Waals surface area contributed by atoms with Crippen LogP contribution in [0, 0.1) is 11.5 Å². The number of carbonyl (C=O) groups is 1. The average Bonchev–Trinajstić information content (AvgIpc) is 2.05. The molecule has 0 saturated heterocycles. The van der Waals surface area contributed by atoms with Crippen molar-refractivity contribution < 1.29 is 9.53 Å². The van der Waals surface area contributed by atoms with Crippen LogP contribution in [0.2, 0.25) is 0 Å². The van der Waals surface area contributed by atoms with Gasteiger partial charge in [-0.05, 0) is 6.42 Å². The molecule has 4 heteroatoms. The second-order valence-electron chi connectivity index (χ2n) is 2.43. The minimum atomic E-state index is -0.658. The van der Waals surface area contributed by atoms with Gasteiger partial charge in [0, 0.05) is 0 Å². The van der Waals surface area contributed by atoms with E-state index in [2.05, 4.69) is 11.7 Å². The molecule has 0 unspecified atom stereocenters. The molecule has 12 heavy (non-hydrogen) atoms. The number of hydrogen-bond acceptors (Lipinski definition) is 3. The Labute approximate surface area is 72.5 Å². The summed E-state index contributed by atoms with van der Waals surface area (Å²) in [5.74, 6) is 0. The number of nitrogens with one attached hydrogen (secondary N) is 1. The summed E-state index contributed by atoms with van der Waals surface area (Å²) in [5.41, 5.74) is 0. The summed E-state index contributed by atoms with van der Waals surface area (Å²) in [6.45, 7) is 2.51. The molecular weight excluding hydrogens is 156 g/mol. The Hall–Kier alpha value is -1.24. The van der Waals surface area contributed by atoms with Gasteiger partial charge in [-0.2, -0.15) is 5.26 Å². The van der Waals surface area contributed by atoms with Crippen LogP contribution in [0.3, 0.4) is 0 Å². The standard InChI is InChI=1S/C8H14N2O2/c1-2-3-4-5-6-12-8(11)10-7-9/h2-6H2,1H3,(H,10,11). The van der Waals surface area contributed by atoms with Crippen molar-refractivity contribution in [2.75, 3.05) is 6.61 Å². The molecule has 0 heterocycles. The fourth-order valence-corrected chi connectivity index (χ4v) is 0.775. The molecule has 0 spiro atoms. The molecule has 0 radical (unpaired) electrons. The lowest BCUT2D eigenvalue weighted by Gasteiger charge is -2.01. The smallest absolute Gasteiger partial charge is 0.420 e. The highest BCUT2D eigenvalue weighted by atomic mass is 16.5. The van der Waals surface area contributed by atoms with Crippen LogP contribution < -0.4 is 5.32 Å². The maximum Gasteiger partial charge on any atom is 0.420 e. The van der Waals surface area contributed by atoms with Gasteiger partial charge >= 0.3 is 6.09 Å². The molecule has 0 rings (SSSR count). The molecule has 1 amide bonds. The Morgan fingerprint density at radius 2 is 2.25 bits per heavy atom. The summed E-state index contributed by atoms with van der Waals surface area (Å²) in [4.78, 5) is 10.5. The van der Waals surface area contributed by atoms with E-state index in [4.69, 9.17) is 5.26 Å². The van der Waals surface area contributed by atoms with E-state index in [9.17, 15) is 4.79 Å². The lowest BCUT2D eigenvalue weighted by atomic mass is 10.2. The molecule has 1 N–H and O–H groups in total. The van der Waals surface area contributed by atoms with E-state index in [0.29, 0.717) is 6.61 Å². The van der Waals surface area contributed by atoms with Crippen LogP contribution in [0.4, 0.5) is 4.79 Å². The number of alkyl carbamates (subject to hydrolysis) is 1. The van der Waals surface area contributed by atoms with E-state index < -0.39 is 6.09 Å². The Morgan fingerprint density at radius 3 is 2.83 bits per heavy atom. The van der Waals surface area contributed by atoms with E-state index in [1.54, 1.807) is 0 Å². The summed E-state index contributed by atoms with van der Waals surface area (Å²) >= 11 is 0. The number of rotatable bonds is 5. The van der Waals surface area contributed by atoms with Gasteiger partial charge in [0.15, 0.2) is 6.19 Å². The normalized spacial score (nSPS) is 8.67. The predicted molar refractivity (Wildman–Crippen MR) is 44.2 cm³/mol. The maximum absolute atomic E-state index is 10.5.